The maximum Gasteiger partial charge on any atom is 0.257 e. The summed E-state index contributed by atoms with van der Waals surface area (Å²) in [6.45, 7) is 3.98. The lowest BCUT2D eigenvalue weighted by Crippen LogP contribution is -2.34. The van der Waals surface area contributed by atoms with Crippen molar-refractivity contribution in [2.45, 2.75) is 13.8 Å². The van der Waals surface area contributed by atoms with Crippen molar-refractivity contribution in [3.8, 4) is 11.5 Å². The highest BCUT2D eigenvalue weighted by Gasteiger charge is 2.12. The van der Waals surface area contributed by atoms with Crippen LogP contribution in [0.1, 0.15) is 21.5 Å². The highest BCUT2D eigenvalue weighted by Crippen LogP contribution is 2.27. The number of hydrogen-bond acceptors (Lipinski definition) is 4. The second-order valence-electron chi connectivity index (χ2n) is 6.92. The highest BCUT2D eigenvalue weighted by atomic mass is 79.9. The molecule has 0 unspecified atom stereocenters. The lowest BCUT2D eigenvalue weighted by molar-refractivity contribution is 0.0977. The van der Waals surface area contributed by atoms with Gasteiger partial charge in [0.15, 0.2) is 10.7 Å². The number of carbonyl (C=O) groups is 1. The van der Waals surface area contributed by atoms with Gasteiger partial charge in [0.25, 0.3) is 5.91 Å². The van der Waals surface area contributed by atoms with Gasteiger partial charge >= 0.3 is 0 Å². The summed E-state index contributed by atoms with van der Waals surface area (Å²) in [7, 11) is 0. The summed E-state index contributed by atoms with van der Waals surface area (Å²) in [6.07, 6.45) is 0. The second-order valence-corrected chi connectivity index (χ2v) is 8.24. The number of aromatic nitrogens is 1. The summed E-state index contributed by atoms with van der Waals surface area (Å²) in [6, 6.07) is 18.8. The number of thiocarbonyl (C=S) groups is 1. The number of rotatable bonds is 3. The van der Waals surface area contributed by atoms with E-state index < -0.39 is 0 Å². The summed E-state index contributed by atoms with van der Waals surface area (Å²) in [5.41, 5.74) is 5.70. The molecule has 0 fully saturated rings. The van der Waals surface area contributed by atoms with Gasteiger partial charge in [-0.15, -0.1) is 0 Å². The molecular formula is C23H18BrN3O2S. The van der Waals surface area contributed by atoms with Crippen LogP contribution < -0.4 is 10.6 Å². The van der Waals surface area contributed by atoms with Crippen LogP contribution >= 0.6 is 28.1 Å². The largest absolute Gasteiger partial charge is 0.436 e. The molecule has 1 aromatic heterocycles. The first kappa shape index (κ1) is 20.3. The molecule has 2 N–H and O–H groups in total. The molecule has 4 aromatic rings. The third-order valence-corrected chi connectivity index (χ3v) is 5.41. The first-order valence-electron chi connectivity index (χ1n) is 9.25. The maximum atomic E-state index is 12.4. The Labute approximate surface area is 187 Å². The van der Waals surface area contributed by atoms with Crippen molar-refractivity contribution in [1.82, 2.24) is 10.3 Å². The van der Waals surface area contributed by atoms with Gasteiger partial charge in [0.05, 0.1) is 0 Å². The third kappa shape index (κ3) is 4.42. The number of oxazole rings is 1. The number of anilines is 1. The van der Waals surface area contributed by atoms with Gasteiger partial charge in [0.1, 0.15) is 5.52 Å². The van der Waals surface area contributed by atoms with Gasteiger partial charge in [0, 0.05) is 21.3 Å². The van der Waals surface area contributed by atoms with Gasteiger partial charge in [-0.1, -0.05) is 28.1 Å². The number of fused-ring (bicyclic) bond motifs is 1. The fraction of sp³-hybridized carbons (Fsp3) is 0.0870. The summed E-state index contributed by atoms with van der Waals surface area (Å²) in [5, 5.41) is 5.95. The zero-order valence-electron chi connectivity index (χ0n) is 16.3. The highest BCUT2D eigenvalue weighted by molar-refractivity contribution is 9.10. The van der Waals surface area contributed by atoms with E-state index in [0.717, 1.165) is 21.2 Å². The number of amides is 1. The van der Waals surface area contributed by atoms with E-state index in [9.17, 15) is 4.79 Å². The zero-order valence-corrected chi connectivity index (χ0v) is 18.7. The Morgan fingerprint density at radius 3 is 2.63 bits per heavy atom. The molecule has 0 saturated carbocycles. The van der Waals surface area contributed by atoms with Crippen LogP contribution in [-0.4, -0.2) is 16.0 Å². The van der Waals surface area contributed by atoms with Crippen LogP contribution in [0.4, 0.5) is 5.69 Å². The van der Waals surface area contributed by atoms with Gasteiger partial charge in [0.2, 0.25) is 5.89 Å². The molecule has 0 aliphatic carbocycles. The maximum absolute atomic E-state index is 12.4. The Hall–Kier alpha value is -3.03. The average molecular weight is 480 g/mol. The van der Waals surface area contributed by atoms with Crippen molar-refractivity contribution in [3.05, 3.63) is 81.8 Å². The molecular weight excluding hydrogens is 462 g/mol. The average Bonchev–Trinajstić information content (AvgIpc) is 3.13. The Morgan fingerprint density at radius 1 is 1.03 bits per heavy atom. The number of aryl methyl sites for hydroxylation is 2. The van der Waals surface area contributed by atoms with Crippen LogP contribution in [0, 0.1) is 13.8 Å². The van der Waals surface area contributed by atoms with Crippen LogP contribution in [-0.2, 0) is 0 Å². The summed E-state index contributed by atoms with van der Waals surface area (Å²) < 4.78 is 6.80. The van der Waals surface area contributed by atoms with Crippen LogP contribution in [0.2, 0.25) is 0 Å². The summed E-state index contributed by atoms with van der Waals surface area (Å²) in [4.78, 5) is 17.0. The first-order chi connectivity index (χ1) is 14.4. The van der Waals surface area contributed by atoms with Crippen LogP contribution in [0.3, 0.4) is 0 Å². The molecule has 4 rings (SSSR count). The van der Waals surface area contributed by atoms with E-state index in [0.29, 0.717) is 28.2 Å². The SMILES string of the molecule is Cc1ccc(C(=O)NC(=S)Nc2ccc3oc(-c4cccc(Br)c4)nc3c2)cc1C. The number of nitrogens with zero attached hydrogens (tertiary/aromatic N) is 1. The summed E-state index contributed by atoms with van der Waals surface area (Å²) in [5.74, 6) is 0.282. The van der Waals surface area contributed by atoms with Gasteiger partial charge in [-0.05, 0) is 85.7 Å². The standard InChI is InChI=1S/C23H18BrN3O2S/c1-13-6-7-15(10-14(13)2)21(28)27-23(30)25-18-8-9-20-19(12-18)26-22(29-20)16-4-3-5-17(24)11-16/h3-12H,1-2H3,(H2,25,27,28,30). The van der Waals surface area contributed by atoms with Crippen LogP contribution in [0.25, 0.3) is 22.6 Å². The van der Waals surface area contributed by atoms with Crippen molar-refractivity contribution in [2.75, 3.05) is 5.32 Å². The van der Waals surface area contributed by atoms with Gasteiger partial charge < -0.3 is 9.73 Å². The fourth-order valence-electron chi connectivity index (χ4n) is 2.97. The second kappa shape index (κ2) is 8.38. The van der Waals surface area contributed by atoms with Crippen LogP contribution in [0.15, 0.2) is 69.6 Å². The minimum atomic E-state index is -0.255. The van der Waals surface area contributed by atoms with Crippen molar-refractivity contribution in [2.24, 2.45) is 0 Å². The molecule has 0 atom stereocenters. The third-order valence-electron chi connectivity index (χ3n) is 4.71. The van der Waals surface area contributed by atoms with Crippen molar-refractivity contribution < 1.29 is 9.21 Å². The normalized spacial score (nSPS) is 10.8. The van der Waals surface area contributed by atoms with Crippen molar-refractivity contribution in [3.63, 3.8) is 0 Å². The molecule has 0 saturated heterocycles. The minimum absolute atomic E-state index is 0.216. The molecule has 0 aliphatic heterocycles. The van der Waals surface area contributed by atoms with Gasteiger partial charge in [-0.3, -0.25) is 10.1 Å². The molecule has 0 spiro atoms. The van der Waals surface area contributed by atoms with E-state index in [4.69, 9.17) is 16.6 Å². The number of carbonyl (C=O) groups excluding carboxylic acids is 1. The fourth-order valence-corrected chi connectivity index (χ4v) is 3.58. The quantitative estimate of drug-likeness (QED) is 0.352. The molecule has 1 amide bonds. The minimum Gasteiger partial charge on any atom is -0.436 e. The van der Waals surface area contributed by atoms with E-state index in [-0.39, 0.29) is 11.0 Å². The lowest BCUT2D eigenvalue weighted by Gasteiger charge is -2.10. The van der Waals surface area contributed by atoms with Gasteiger partial charge in [-0.25, -0.2) is 4.98 Å². The molecule has 0 bridgehead atoms. The Balaban J connectivity index is 1.48. The molecule has 1 heterocycles. The smallest absolute Gasteiger partial charge is 0.257 e. The summed E-state index contributed by atoms with van der Waals surface area (Å²) >= 11 is 8.76. The number of benzene rings is 3. The van der Waals surface area contributed by atoms with Crippen molar-refractivity contribution in [1.29, 1.82) is 0 Å². The zero-order chi connectivity index (χ0) is 21.3. The van der Waals surface area contributed by atoms with Crippen LogP contribution in [0.5, 0.6) is 0 Å². The molecule has 3 aromatic carbocycles. The lowest BCUT2D eigenvalue weighted by atomic mass is 10.1. The molecule has 7 heteroatoms. The first-order valence-corrected chi connectivity index (χ1v) is 10.5. The number of nitrogens with one attached hydrogen (secondary N) is 2. The molecule has 0 radical (unpaired) electrons. The molecule has 30 heavy (non-hydrogen) atoms. The van der Waals surface area contributed by atoms with E-state index in [1.54, 1.807) is 6.07 Å². The van der Waals surface area contributed by atoms with E-state index >= 15 is 0 Å². The molecule has 0 aliphatic rings. The Kier molecular flexibility index (Phi) is 5.65. The van der Waals surface area contributed by atoms with E-state index in [2.05, 4.69) is 31.5 Å². The predicted molar refractivity (Wildman–Crippen MR) is 127 cm³/mol. The molecule has 5 nitrogen and oxygen atoms in total. The molecule has 150 valence electrons. The Morgan fingerprint density at radius 2 is 1.87 bits per heavy atom. The topological polar surface area (TPSA) is 67.2 Å². The Bertz CT molecular complexity index is 1280. The number of hydrogen-bond donors (Lipinski definition) is 2. The van der Waals surface area contributed by atoms with E-state index in [1.807, 2.05) is 68.4 Å². The van der Waals surface area contributed by atoms with Gasteiger partial charge in [-0.2, -0.15) is 0 Å². The number of halogens is 1. The monoisotopic (exact) mass is 479 g/mol. The predicted octanol–water partition coefficient (Wildman–Crippen LogP) is 6.00. The van der Waals surface area contributed by atoms with E-state index in [1.165, 1.54) is 0 Å². The van der Waals surface area contributed by atoms with Crippen molar-refractivity contribution >= 4 is 56.0 Å².